The third kappa shape index (κ3) is 3.02. The highest BCUT2D eigenvalue weighted by Gasteiger charge is 2.26. The lowest BCUT2D eigenvalue weighted by Gasteiger charge is -2.36. The number of hydrogen-bond donors (Lipinski definition) is 1. The van der Waals surface area contributed by atoms with E-state index in [0.717, 1.165) is 18.8 Å². The molecule has 0 saturated carbocycles. The first-order valence-electron chi connectivity index (χ1n) is 9.05. The van der Waals surface area contributed by atoms with Crippen molar-refractivity contribution < 1.29 is 4.74 Å². The van der Waals surface area contributed by atoms with Crippen molar-refractivity contribution in [2.75, 3.05) is 13.7 Å². The van der Waals surface area contributed by atoms with E-state index in [-0.39, 0.29) is 0 Å². The molecule has 3 aromatic rings. The van der Waals surface area contributed by atoms with Gasteiger partial charge in [0.2, 0.25) is 0 Å². The summed E-state index contributed by atoms with van der Waals surface area (Å²) in [5, 5.41) is 1.27. The van der Waals surface area contributed by atoms with Crippen molar-refractivity contribution in [2.45, 2.75) is 38.8 Å². The molecule has 1 atom stereocenters. The molecule has 130 valence electrons. The van der Waals surface area contributed by atoms with Gasteiger partial charge in [-0.3, -0.25) is 9.88 Å². The van der Waals surface area contributed by atoms with Gasteiger partial charge in [0.15, 0.2) is 0 Å². The first-order chi connectivity index (χ1) is 12.3. The van der Waals surface area contributed by atoms with Crippen LogP contribution in [0.1, 0.15) is 42.0 Å². The van der Waals surface area contributed by atoms with Crippen molar-refractivity contribution in [1.29, 1.82) is 0 Å². The molecule has 25 heavy (non-hydrogen) atoms. The van der Waals surface area contributed by atoms with Crippen LogP contribution in [0.2, 0.25) is 0 Å². The Hall–Kier alpha value is -2.33. The molecule has 1 aliphatic heterocycles. The molecule has 0 spiro atoms. The van der Waals surface area contributed by atoms with E-state index in [1.54, 1.807) is 7.11 Å². The van der Waals surface area contributed by atoms with Crippen LogP contribution in [0.25, 0.3) is 10.9 Å². The number of hydrogen-bond acceptors (Lipinski definition) is 3. The van der Waals surface area contributed by atoms with Gasteiger partial charge >= 0.3 is 0 Å². The number of likely N-dealkylation sites (tertiary alicyclic amines) is 1. The summed E-state index contributed by atoms with van der Waals surface area (Å²) in [6.07, 6.45) is 9.61. The summed E-state index contributed by atoms with van der Waals surface area (Å²) in [4.78, 5) is 10.3. The molecular formula is C21H25N3O. The van der Waals surface area contributed by atoms with Crippen molar-refractivity contribution >= 4 is 10.9 Å². The number of methoxy groups -OCH3 is 1. The molecule has 1 saturated heterocycles. The van der Waals surface area contributed by atoms with Gasteiger partial charge in [-0.2, -0.15) is 0 Å². The van der Waals surface area contributed by atoms with Gasteiger partial charge in [0, 0.05) is 47.6 Å². The van der Waals surface area contributed by atoms with Crippen LogP contribution in [0, 0.1) is 6.92 Å². The van der Waals surface area contributed by atoms with Gasteiger partial charge in [-0.15, -0.1) is 0 Å². The summed E-state index contributed by atoms with van der Waals surface area (Å²) in [6, 6.07) is 9.00. The number of piperidine rings is 1. The Bertz CT molecular complexity index is 856. The lowest BCUT2D eigenvalue weighted by Crippen LogP contribution is -2.33. The molecule has 2 aromatic heterocycles. The van der Waals surface area contributed by atoms with Crippen LogP contribution in [-0.2, 0) is 6.54 Å². The van der Waals surface area contributed by atoms with Gasteiger partial charge in [0.25, 0.3) is 0 Å². The maximum Gasteiger partial charge on any atom is 0.124 e. The topological polar surface area (TPSA) is 41.1 Å². The Labute approximate surface area is 148 Å². The van der Waals surface area contributed by atoms with Crippen LogP contribution >= 0.6 is 0 Å². The number of aryl methyl sites for hydroxylation is 1. The van der Waals surface area contributed by atoms with Crippen LogP contribution in [-0.4, -0.2) is 28.5 Å². The Balaban J connectivity index is 1.72. The molecule has 0 amide bonds. The fraction of sp³-hybridized carbons (Fsp3) is 0.381. The zero-order valence-corrected chi connectivity index (χ0v) is 15.0. The third-order valence-corrected chi connectivity index (χ3v) is 5.38. The fourth-order valence-corrected chi connectivity index (χ4v) is 4.11. The zero-order valence-electron chi connectivity index (χ0n) is 15.0. The summed E-state index contributed by atoms with van der Waals surface area (Å²) in [5.41, 5.74) is 5.03. The van der Waals surface area contributed by atoms with Gasteiger partial charge in [-0.25, -0.2) is 0 Å². The molecule has 3 heterocycles. The second kappa shape index (κ2) is 6.89. The zero-order chi connectivity index (χ0) is 17.2. The van der Waals surface area contributed by atoms with Gasteiger partial charge < -0.3 is 9.72 Å². The average Bonchev–Trinajstić information content (AvgIpc) is 3.15. The number of aromatic nitrogens is 2. The van der Waals surface area contributed by atoms with Crippen LogP contribution in [0.4, 0.5) is 0 Å². The molecule has 0 bridgehead atoms. The molecule has 4 heteroatoms. The maximum atomic E-state index is 5.73. The summed E-state index contributed by atoms with van der Waals surface area (Å²) < 4.78 is 5.73. The summed E-state index contributed by atoms with van der Waals surface area (Å²) in [5.74, 6) is 0.986. The molecular weight excluding hydrogens is 310 g/mol. The van der Waals surface area contributed by atoms with Crippen molar-refractivity contribution in [3.63, 3.8) is 0 Å². The number of ether oxygens (including phenoxy) is 1. The molecule has 1 unspecified atom stereocenters. The SMILES string of the molecule is COc1cc(C)c2[nH]ccc2c1CN1CCCCC1c1cccnc1. The smallest absolute Gasteiger partial charge is 0.124 e. The standard InChI is InChI=1S/C21H25N3O/c1-15-12-20(25-2)18(17-8-10-23-21(15)17)14-24-11-4-3-7-19(24)16-6-5-9-22-13-16/h5-6,8-10,12-13,19,23H,3-4,7,11,14H2,1-2H3. The number of fused-ring (bicyclic) bond motifs is 1. The van der Waals surface area contributed by atoms with Crippen molar-refractivity contribution in [3.05, 3.63) is 59.5 Å². The Kier molecular flexibility index (Phi) is 4.45. The number of aromatic amines is 1. The lowest BCUT2D eigenvalue weighted by molar-refractivity contribution is 0.139. The van der Waals surface area contributed by atoms with E-state index in [9.17, 15) is 0 Å². The number of rotatable bonds is 4. The summed E-state index contributed by atoms with van der Waals surface area (Å²) in [6.45, 7) is 4.14. The van der Waals surface area contributed by atoms with Crippen LogP contribution < -0.4 is 4.74 Å². The Morgan fingerprint density at radius 2 is 2.24 bits per heavy atom. The third-order valence-electron chi connectivity index (χ3n) is 5.38. The first kappa shape index (κ1) is 16.2. The van der Waals surface area contributed by atoms with Gasteiger partial charge in [-0.1, -0.05) is 12.5 Å². The average molecular weight is 335 g/mol. The van der Waals surface area contributed by atoms with E-state index in [2.05, 4.69) is 40.0 Å². The van der Waals surface area contributed by atoms with Crippen LogP contribution in [0.3, 0.4) is 0 Å². The Morgan fingerprint density at radius 3 is 3.04 bits per heavy atom. The Morgan fingerprint density at radius 1 is 1.32 bits per heavy atom. The molecule has 1 aromatic carbocycles. The molecule has 4 rings (SSSR count). The number of H-pyrrole nitrogens is 1. The quantitative estimate of drug-likeness (QED) is 0.757. The molecule has 0 aliphatic carbocycles. The second-order valence-electron chi connectivity index (χ2n) is 6.91. The predicted molar refractivity (Wildman–Crippen MR) is 101 cm³/mol. The monoisotopic (exact) mass is 335 g/mol. The minimum atomic E-state index is 0.433. The first-order valence-corrected chi connectivity index (χ1v) is 9.05. The second-order valence-corrected chi connectivity index (χ2v) is 6.91. The van der Waals surface area contributed by atoms with E-state index >= 15 is 0 Å². The van der Waals surface area contributed by atoms with E-state index in [0.29, 0.717) is 6.04 Å². The summed E-state index contributed by atoms with van der Waals surface area (Å²) in [7, 11) is 1.77. The van der Waals surface area contributed by atoms with Crippen molar-refractivity contribution in [1.82, 2.24) is 14.9 Å². The van der Waals surface area contributed by atoms with Crippen LogP contribution in [0.5, 0.6) is 5.75 Å². The molecule has 1 aliphatic rings. The molecule has 1 fully saturated rings. The largest absolute Gasteiger partial charge is 0.496 e. The number of nitrogens with one attached hydrogen (secondary N) is 1. The van der Waals surface area contributed by atoms with Crippen molar-refractivity contribution in [2.24, 2.45) is 0 Å². The van der Waals surface area contributed by atoms with E-state index in [4.69, 9.17) is 4.74 Å². The highest BCUT2D eigenvalue weighted by molar-refractivity contribution is 5.88. The number of nitrogens with zero attached hydrogens (tertiary/aromatic N) is 2. The number of benzene rings is 1. The number of pyridine rings is 1. The fourth-order valence-electron chi connectivity index (χ4n) is 4.11. The van der Waals surface area contributed by atoms with Gasteiger partial charge in [0.1, 0.15) is 5.75 Å². The van der Waals surface area contributed by atoms with Crippen LogP contribution in [0.15, 0.2) is 42.9 Å². The van der Waals surface area contributed by atoms with E-state index in [1.165, 1.54) is 46.9 Å². The van der Waals surface area contributed by atoms with Crippen molar-refractivity contribution in [3.8, 4) is 5.75 Å². The highest BCUT2D eigenvalue weighted by atomic mass is 16.5. The maximum absolute atomic E-state index is 5.73. The minimum Gasteiger partial charge on any atom is -0.496 e. The van der Waals surface area contributed by atoms with E-state index in [1.807, 2.05) is 24.7 Å². The summed E-state index contributed by atoms with van der Waals surface area (Å²) >= 11 is 0. The van der Waals surface area contributed by atoms with Gasteiger partial charge in [0.05, 0.1) is 7.11 Å². The molecule has 1 N–H and O–H groups in total. The normalized spacial score (nSPS) is 18.6. The highest BCUT2D eigenvalue weighted by Crippen LogP contribution is 2.36. The lowest BCUT2D eigenvalue weighted by atomic mass is 9.95. The molecule has 4 nitrogen and oxygen atoms in total. The van der Waals surface area contributed by atoms with E-state index < -0.39 is 0 Å². The van der Waals surface area contributed by atoms with Gasteiger partial charge in [-0.05, 0) is 55.6 Å². The predicted octanol–water partition coefficient (Wildman–Crippen LogP) is 4.61. The molecule has 0 radical (unpaired) electrons. The minimum absolute atomic E-state index is 0.433.